The van der Waals surface area contributed by atoms with Gasteiger partial charge in [0.25, 0.3) is 0 Å². The van der Waals surface area contributed by atoms with Crippen LogP contribution in [0.2, 0.25) is 0 Å². The highest BCUT2D eigenvalue weighted by Gasteiger charge is 2.85. The third-order valence-electron chi connectivity index (χ3n) is 16.3. The molecule has 2 spiro atoms. The summed E-state index contributed by atoms with van der Waals surface area (Å²) in [6.07, 6.45) is 4.53. The van der Waals surface area contributed by atoms with Crippen molar-refractivity contribution >= 4 is 18.2 Å². The lowest BCUT2D eigenvalue weighted by atomic mass is 9.41. The summed E-state index contributed by atoms with van der Waals surface area (Å²) in [5.41, 5.74) is -4.27. The molecule has 13 atom stereocenters. The van der Waals surface area contributed by atoms with E-state index in [2.05, 4.69) is 45.3 Å². The van der Waals surface area contributed by atoms with E-state index in [1.165, 1.54) is 0 Å². The van der Waals surface area contributed by atoms with Crippen LogP contribution < -0.4 is 10.6 Å². The minimum absolute atomic E-state index is 0.0245. The zero-order valence-corrected chi connectivity index (χ0v) is 37.3. The molecule has 6 fully saturated rings. The number of hydrogen-bond acceptors (Lipinski definition) is 10. The minimum atomic E-state index is -1.06. The van der Waals surface area contributed by atoms with Crippen LogP contribution in [0.25, 0.3) is 0 Å². The highest BCUT2D eigenvalue weighted by molar-refractivity contribution is 5.81. The van der Waals surface area contributed by atoms with Gasteiger partial charge in [-0.3, -0.25) is 0 Å². The fraction of sp³-hybridized carbons (Fsp3) is 0.933. The van der Waals surface area contributed by atoms with Crippen molar-refractivity contribution in [2.24, 2.45) is 44.8 Å². The molecule has 0 bridgehead atoms. The number of esters is 1. The quantitative estimate of drug-likeness (QED) is 0.0913. The predicted octanol–water partition coefficient (Wildman–Crippen LogP) is 7.19. The first-order valence-electron chi connectivity index (χ1n) is 21.9. The van der Waals surface area contributed by atoms with Gasteiger partial charge in [-0.25, -0.2) is 14.4 Å². The van der Waals surface area contributed by atoms with Crippen molar-refractivity contribution in [1.29, 1.82) is 0 Å². The van der Waals surface area contributed by atoms with Gasteiger partial charge < -0.3 is 44.9 Å². The molecule has 5 aliphatic carbocycles. The standard InChI is InChI=1S/C45H76N2O10/c1-37(2,3)56-35(51)46-22-14-15-26(47-36(52)57-38(4,5)6)34(50)54-28-24-42(12)29-23-27(48)32-39(7,8)30(49)16-19-45(32)25-44(29,45)21-20-41(42,11)33(28)43(13)18-17-31(55-43)40(9,10)53/h26-33,48-49,53H,14-25H2,1-13H3,(H,46,51)(H,47,52)/t26-,27-,28-,29?,30-,31-,32-,33-,41+,42-,43+,44?,45-/m0/s1. The van der Waals surface area contributed by atoms with Crippen LogP contribution in [0.5, 0.6) is 0 Å². The van der Waals surface area contributed by atoms with Gasteiger partial charge in [0.2, 0.25) is 0 Å². The number of aliphatic hydroxyl groups is 3. The van der Waals surface area contributed by atoms with Crippen molar-refractivity contribution in [1.82, 2.24) is 10.6 Å². The van der Waals surface area contributed by atoms with Gasteiger partial charge in [-0.05, 0) is 172 Å². The zero-order valence-electron chi connectivity index (χ0n) is 37.3. The molecule has 6 rings (SSSR count). The van der Waals surface area contributed by atoms with E-state index in [0.29, 0.717) is 32.1 Å². The van der Waals surface area contributed by atoms with Crippen LogP contribution in [0.3, 0.4) is 0 Å². The summed E-state index contributed by atoms with van der Waals surface area (Å²) in [7, 11) is 0. The van der Waals surface area contributed by atoms with Gasteiger partial charge in [0, 0.05) is 12.5 Å². The Morgan fingerprint density at radius 1 is 0.807 bits per heavy atom. The largest absolute Gasteiger partial charge is 0.460 e. The molecule has 12 heteroatoms. The Morgan fingerprint density at radius 3 is 2.04 bits per heavy atom. The second kappa shape index (κ2) is 14.2. The van der Waals surface area contributed by atoms with E-state index in [1.807, 2.05) is 0 Å². The molecule has 0 aromatic rings. The van der Waals surface area contributed by atoms with E-state index < -0.39 is 64.9 Å². The number of ether oxygens (including phenoxy) is 4. The van der Waals surface area contributed by atoms with Crippen LogP contribution in [0.1, 0.15) is 161 Å². The van der Waals surface area contributed by atoms with E-state index in [1.54, 1.807) is 55.4 Å². The Hall–Kier alpha value is -2.15. The van der Waals surface area contributed by atoms with E-state index in [4.69, 9.17) is 18.9 Å². The maximum Gasteiger partial charge on any atom is 0.408 e. The number of fused-ring (bicyclic) bond motifs is 2. The first kappa shape index (κ1) is 44.4. The monoisotopic (exact) mass is 805 g/mol. The van der Waals surface area contributed by atoms with Crippen LogP contribution in [0.15, 0.2) is 0 Å². The summed E-state index contributed by atoms with van der Waals surface area (Å²) in [5, 5.41) is 40.0. The summed E-state index contributed by atoms with van der Waals surface area (Å²) in [6.45, 7) is 25.6. The van der Waals surface area contributed by atoms with Gasteiger partial charge in [0.15, 0.2) is 0 Å². The molecule has 57 heavy (non-hydrogen) atoms. The van der Waals surface area contributed by atoms with Crippen molar-refractivity contribution in [2.75, 3.05) is 6.54 Å². The fourth-order valence-corrected chi connectivity index (χ4v) is 13.9. The molecular formula is C45H76N2O10. The van der Waals surface area contributed by atoms with Crippen LogP contribution in [0, 0.1) is 44.8 Å². The second-order valence-corrected chi connectivity index (χ2v) is 23.1. The highest BCUT2D eigenvalue weighted by Crippen LogP contribution is 2.89. The first-order valence-corrected chi connectivity index (χ1v) is 21.9. The molecule has 5 saturated carbocycles. The molecule has 6 aliphatic rings. The van der Waals surface area contributed by atoms with E-state index in [9.17, 15) is 29.7 Å². The number of hydrogen-bond donors (Lipinski definition) is 5. The van der Waals surface area contributed by atoms with Crippen LogP contribution in [0.4, 0.5) is 9.59 Å². The number of amides is 2. The number of aliphatic hydroxyl groups excluding tert-OH is 2. The molecule has 0 radical (unpaired) electrons. The molecule has 1 saturated heterocycles. The van der Waals surface area contributed by atoms with Crippen LogP contribution >= 0.6 is 0 Å². The summed E-state index contributed by atoms with van der Waals surface area (Å²) >= 11 is 0. The molecule has 1 heterocycles. The van der Waals surface area contributed by atoms with E-state index in [-0.39, 0.29) is 63.9 Å². The number of carbonyl (C=O) groups excluding carboxylic acids is 3. The molecule has 2 unspecified atom stereocenters. The molecule has 2 amide bonds. The van der Waals surface area contributed by atoms with Gasteiger partial charge in [0.1, 0.15) is 23.3 Å². The van der Waals surface area contributed by atoms with Crippen molar-refractivity contribution < 1.29 is 48.7 Å². The smallest absolute Gasteiger partial charge is 0.408 e. The Morgan fingerprint density at radius 2 is 1.44 bits per heavy atom. The van der Waals surface area contributed by atoms with Crippen molar-refractivity contribution in [3.05, 3.63) is 0 Å². The zero-order chi connectivity index (χ0) is 42.6. The first-order chi connectivity index (χ1) is 25.9. The van der Waals surface area contributed by atoms with Gasteiger partial charge >= 0.3 is 18.2 Å². The van der Waals surface area contributed by atoms with Gasteiger partial charge in [0.05, 0.1) is 29.5 Å². The van der Waals surface area contributed by atoms with Crippen LogP contribution in [-0.4, -0.2) is 92.9 Å². The van der Waals surface area contributed by atoms with Gasteiger partial charge in [-0.1, -0.05) is 27.7 Å². The molecule has 326 valence electrons. The number of carbonyl (C=O) groups is 3. The lowest BCUT2D eigenvalue weighted by Crippen LogP contribution is -2.62. The molecule has 5 N–H and O–H groups in total. The van der Waals surface area contributed by atoms with Gasteiger partial charge in [-0.2, -0.15) is 0 Å². The van der Waals surface area contributed by atoms with Crippen LogP contribution in [-0.2, 0) is 23.7 Å². The van der Waals surface area contributed by atoms with Crippen molar-refractivity contribution in [2.45, 2.75) is 213 Å². The Balaban J connectivity index is 1.31. The molecule has 0 aromatic heterocycles. The Labute approximate surface area is 341 Å². The summed E-state index contributed by atoms with van der Waals surface area (Å²) < 4.78 is 24.6. The summed E-state index contributed by atoms with van der Waals surface area (Å²) in [6, 6.07) is -1.04. The molecule has 12 nitrogen and oxygen atoms in total. The van der Waals surface area contributed by atoms with Gasteiger partial charge in [-0.15, -0.1) is 0 Å². The topological polar surface area (TPSA) is 173 Å². The average Bonchev–Trinajstić information content (AvgIpc) is 3.38. The lowest BCUT2D eigenvalue weighted by molar-refractivity contribution is -0.214. The van der Waals surface area contributed by atoms with Crippen molar-refractivity contribution in [3.8, 4) is 0 Å². The second-order valence-electron chi connectivity index (χ2n) is 23.1. The van der Waals surface area contributed by atoms with E-state index in [0.717, 1.165) is 32.1 Å². The molecule has 0 aromatic carbocycles. The number of alkyl carbamates (subject to hydrolysis) is 2. The summed E-state index contributed by atoms with van der Waals surface area (Å²) in [4.78, 5) is 40.1. The predicted molar refractivity (Wildman–Crippen MR) is 215 cm³/mol. The third-order valence-corrected chi connectivity index (χ3v) is 16.3. The average molecular weight is 805 g/mol. The number of nitrogens with one attached hydrogen (secondary N) is 2. The molecular weight excluding hydrogens is 728 g/mol. The Kier molecular flexibility index (Phi) is 11.1. The summed E-state index contributed by atoms with van der Waals surface area (Å²) in [5.74, 6) is -0.591. The normalized spacial score (nSPS) is 42.7. The fourth-order valence-electron chi connectivity index (χ4n) is 13.9. The molecule has 1 aliphatic heterocycles. The SMILES string of the molecule is CC(C)(C)OC(=O)NCCC[C@H](NC(=O)OC(C)(C)C)C(=O)O[C@H]1C[C@@]2(C)C3C[C@H](O)[C@H]4C(C)(C)[C@@H](O)CC[C@]45CC35CC[C@]2(C)[C@H]1[C@@]1(C)CC[C@@H](C(C)(C)O)O1. The van der Waals surface area contributed by atoms with Crippen molar-refractivity contribution in [3.63, 3.8) is 0 Å². The lowest BCUT2D eigenvalue weighted by Gasteiger charge is -2.64. The Bertz CT molecular complexity index is 1560. The maximum absolute atomic E-state index is 14.6. The highest BCUT2D eigenvalue weighted by atomic mass is 16.6. The van der Waals surface area contributed by atoms with E-state index >= 15 is 0 Å². The minimum Gasteiger partial charge on any atom is -0.460 e. The third kappa shape index (κ3) is 7.62. The number of rotatable bonds is 9. The maximum atomic E-state index is 14.6.